The fourth-order valence-electron chi connectivity index (χ4n) is 1.59. The lowest BCUT2D eigenvalue weighted by atomic mass is 9.98. The van der Waals surface area contributed by atoms with Gasteiger partial charge in [-0.25, -0.2) is 0 Å². The van der Waals surface area contributed by atoms with Gasteiger partial charge in [0.05, 0.1) is 6.61 Å². The van der Waals surface area contributed by atoms with Crippen molar-refractivity contribution in [2.45, 2.75) is 19.4 Å². The van der Waals surface area contributed by atoms with Crippen LogP contribution in [0.5, 0.6) is 11.5 Å². The van der Waals surface area contributed by atoms with Gasteiger partial charge < -0.3 is 15.2 Å². The summed E-state index contributed by atoms with van der Waals surface area (Å²) < 4.78 is 5.32. The van der Waals surface area contributed by atoms with E-state index in [0.717, 1.165) is 13.0 Å². The van der Waals surface area contributed by atoms with Crippen molar-refractivity contribution >= 4 is 0 Å². The van der Waals surface area contributed by atoms with Crippen LogP contribution < -0.4 is 10.1 Å². The van der Waals surface area contributed by atoms with E-state index in [9.17, 15) is 5.11 Å². The molecule has 1 atom stereocenters. The average molecular weight is 193 g/mol. The molecule has 0 aromatic heterocycles. The summed E-state index contributed by atoms with van der Waals surface area (Å²) in [5.74, 6) is 0.800. The lowest BCUT2D eigenvalue weighted by Crippen LogP contribution is -2.34. The molecule has 1 aliphatic heterocycles. The van der Waals surface area contributed by atoms with Gasteiger partial charge in [0.1, 0.15) is 0 Å². The first kappa shape index (κ1) is 9.34. The molecule has 76 valence electrons. The van der Waals surface area contributed by atoms with Gasteiger partial charge in [-0.1, -0.05) is 6.07 Å². The van der Waals surface area contributed by atoms with Crippen LogP contribution in [0.2, 0.25) is 0 Å². The number of rotatable bonds is 3. The standard InChI is InChI=1S/C11H15NO2/c1-2-14-11-7-8(3-4-10(11)13)9-5-6-12-9/h3-4,7,9,12-13H,2,5-6H2,1H3/t9-/m0/s1. The summed E-state index contributed by atoms with van der Waals surface area (Å²) >= 11 is 0. The monoisotopic (exact) mass is 193 g/mol. The number of aromatic hydroxyl groups is 1. The Morgan fingerprint density at radius 2 is 2.36 bits per heavy atom. The van der Waals surface area contributed by atoms with Gasteiger partial charge in [-0.2, -0.15) is 0 Å². The Morgan fingerprint density at radius 1 is 1.57 bits per heavy atom. The van der Waals surface area contributed by atoms with E-state index in [1.807, 2.05) is 19.1 Å². The minimum absolute atomic E-state index is 0.218. The third-order valence-electron chi connectivity index (χ3n) is 2.51. The molecular weight excluding hydrogens is 178 g/mol. The number of ether oxygens (including phenoxy) is 1. The summed E-state index contributed by atoms with van der Waals surface area (Å²) in [5, 5.41) is 12.8. The minimum atomic E-state index is 0.218. The first-order valence-corrected chi connectivity index (χ1v) is 5.00. The van der Waals surface area contributed by atoms with Crippen LogP contribution in [0.4, 0.5) is 0 Å². The van der Waals surface area contributed by atoms with E-state index < -0.39 is 0 Å². The maximum atomic E-state index is 9.49. The number of hydrogen-bond donors (Lipinski definition) is 2. The Balaban J connectivity index is 2.21. The van der Waals surface area contributed by atoms with Crippen molar-refractivity contribution in [3.8, 4) is 11.5 Å². The van der Waals surface area contributed by atoms with Gasteiger partial charge >= 0.3 is 0 Å². The van der Waals surface area contributed by atoms with Gasteiger partial charge in [-0.05, 0) is 37.6 Å². The molecule has 3 heteroatoms. The molecule has 1 aromatic rings. The van der Waals surface area contributed by atoms with Crippen LogP contribution in [0.15, 0.2) is 18.2 Å². The SMILES string of the molecule is CCOc1cc([C@@H]2CCN2)ccc1O. The van der Waals surface area contributed by atoms with Crippen LogP contribution >= 0.6 is 0 Å². The number of phenols is 1. The maximum absolute atomic E-state index is 9.49. The highest BCUT2D eigenvalue weighted by molar-refractivity contribution is 5.43. The molecule has 0 spiro atoms. The van der Waals surface area contributed by atoms with Crippen LogP contribution in [0.25, 0.3) is 0 Å². The van der Waals surface area contributed by atoms with E-state index in [-0.39, 0.29) is 5.75 Å². The first-order valence-electron chi connectivity index (χ1n) is 5.00. The van der Waals surface area contributed by atoms with E-state index in [2.05, 4.69) is 5.32 Å². The molecular formula is C11H15NO2. The zero-order valence-corrected chi connectivity index (χ0v) is 8.29. The second-order valence-corrected chi connectivity index (χ2v) is 3.46. The van der Waals surface area contributed by atoms with Crippen LogP contribution in [0.3, 0.4) is 0 Å². The van der Waals surface area contributed by atoms with Crippen molar-refractivity contribution in [3.05, 3.63) is 23.8 Å². The summed E-state index contributed by atoms with van der Waals surface area (Å²) in [4.78, 5) is 0. The van der Waals surface area contributed by atoms with Gasteiger partial charge in [0.2, 0.25) is 0 Å². The first-order chi connectivity index (χ1) is 6.81. The number of hydrogen-bond acceptors (Lipinski definition) is 3. The summed E-state index contributed by atoms with van der Waals surface area (Å²) in [7, 11) is 0. The van der Waals surface area contributed by atoms with Gasteiger partial charge in [0, 0.05) is 6.04 Å². The topological polar surface area (TPSA) is 41.5 Å². The van der Waals surface area contributed by atoms with E-state index >= 15 is 0 Å². The molecule has 2 rings (SSSR count). The molecule has 2 N–H and O–H groups in total. The summed E-state index contributed by atoms with van der Waals surface area (Å²) in [5.41, 5.74) is 1.19. The number of benzene rings is 1. The lowest BCUT2D eigenvalue weighted by molar-refractivity contribution is 0.315. The normalized spacial score (nSPS) is 20.2. The van der Waals surface area contributed by atoms with Crippen LogP contribution in [-0.4, -0.2) is 18.3 Å². The Hall–Kier alpha value is -1.22. The Kier molecular flexibility index (Phi) is 2.59. The molecule has 1 aliphatic rings. The summed E-state index contributed by atoms with van der Waals surface area (Å²) in [6, 6.07) is 5.99. The zero-order valence-electron chi connectivity index (χ0n) is 8.29. The van der Waals surface area contributed by atoms with Crippen LogP contribution in [0.1, 0.15) is 24.9 Å². The van der Waals surface area contributed by atoms with E-state index in [0.29, 0.717) is 18.4 Å². The van der Waals surface area contributed by atoms with Gasteiger partial charge in [-0.3, -0.25) is 0 Å². The highest BCUT2D eigenvalue weighted by atomic mass is 16.5. The van der Waals surface area contributed by atoms with Crippen molar-refractivity contribution in [1.29, 1.82) is 0 Å². The van der Waals surface area contributed by atoms with Crippen LogP contribution in [0, 0.1) is 0 Å². The smallest absolute Gasteiger partial charge is 0.161 e. The molecule has 0 bridgehead atoms. The van der Waals surface area contributed by atoms with Crippen molar-refractivity contribution in [1.82, 2.24) is 5.32 Å². The van der Waals surface area contributed by atoms with E-state index in [1.165, 1.54) is 5.56 Å². The summed E-state index contributed by atoms with van der Waals surface area (Å²) in [6.07, 6.45) is 1.16. The van der Waals surface area contributed by atoms with Crippen molar-refractivity contribution in [2.24, 2.45) is 0 Å². The molecule has 1 saturated heterocycles. The van der Waals surface area contributed by atoms with Crippen molar-refractivity contribution < 1.29 is 9.84 Å². The van der Waals surface area contributed by atoms with Crippen molar-refractivity contribution in [3.63, 3.8) is 0 Å². The average Bonchev–Trinajstić information content (AvgIpc) is 2.08. The number of nitrogens with one attached hydrogen (secondary N) is 1. The molecule has 1 fully saturated rings. The Morgan fingerprint density at radius 3 is 2.93 bits per heavy atom. The molecule has 14 heavy (non-hydrogen) atoms. The maximum Gasteiger partial charge on any atom is 0.161 e. The van der Waals surface area contributed by atoms with E-state index in [4.69, 9.17) is 4.74 Å². The second-order valence-electron chi connectivity index (χ2n) is 3.46. The fourth-order valence-corrected chi connectivity index (χ4v) is 1.59. The molecule has 1 heterocycles. The molecule has 1 aromatic carbocycles. The largest absolute Gasteiger partial charge is 0.504 e. The highest BCUT2D eigenvalue weighted by Gasteiger charge is 2.19. The van der Waals surface area contributed by atoms with Gasteiger partial charge in [0.25, 0.3) is 0 Å². The van der Waals surface area contributed by atoms with Gasteiger partial charge in [-0.15, -0.1) is 0 Å². The molecule has 0 amide bonds. The molecule has 0 saturated carbocycles. The predicted octanol–water partition coefficient (Wildman–Crippen LogP) is 1.83. The minimum Gasteiger partial charge on any atom is -0.504 e. The third-order valence-corrected chi connectivity index (χ3v) is 2.51. The highest BCUT2D eigenvalue weighted by Crippen LogP contribution is 2.32. The van der Waals surface area contributed by atoms with Gasteiger partial charge in [0.15, 0.2) is 11.5 Å². The molecule has 0 unspecified atom stereocenters. The second kappa shape index (κ2) is 3.88. The van der Waals surface area contributed by atoms with Crippen molar-refractivity contribution in [2.75, 3.05) is 13.2 Å². The molecule has 0 radical (unpaired) electrons. The Bertz CT molecular complexity index is 321. The predicted molar refractivity (Wildman–Crippen MR) is 54.6 cm³/mol. The number of phenolic OH excluding ortho intramolecular Hbond substituents is 1. The lowest BCUT2D eigenvalue weighted by Gasteiger charge is -2.28. The summed E-state index contributed by atoms with van der Waals surface area (Å²) in [6.45, 7) is 3.57. The molecule has 0 aliphatic carbocycles. The quantitative estimate of drug-likeness (QED) is 0.769. The zero-order chi connectivity index (χ0) is 9.97. The Labute approximate surface area is 83.7 Å². The third kappa shape index (κ3) is 1.68. The van der Waals surface area contributed by atoms with E-state index in [1.54, 1.807) is 6.07 Å². The molecule has 3 nitrogen and oxygen atoms in total. The fraction of sp³-hybridized carbons (Fsp3) is 0.455. The van der Waals surface area contributed by atoms with Crippen LogP contribution in [-0.2, 0) is 0 Å².